The molecule has 9 heteroatoms. The van der Waals surface area contributed by atoms with Crippen molar-refractivity contribution in [3.05, 3.63) is 57.2 Å². The molecule has 1 aliphatic carbocycles. The van der Waals surface area contributed by atoms with Crippen LogP contribution in [0.3, 0.4) is 0 Å². The lowest BCUT2D eigenvalue weighted by Crippen LogP contribution is -2.20. The summed E-state index contributed by atoms with van der Waals surface area (Å²) in [6.45, 7) is 2.80. The quantitative estimate of drug-likeness (QED) is 0.813. The highest BCUT2D eigenvalue weighted by Gasteiger charge is 2.26. The van der Waals surface area contributed by atoms with Gasteiger partial charge in [0.25, 0.3) is 5.56 Å². The van der Waals surface area contributed by atoms with Crippen molar-refractivity contribution in [3.8, 4) is 6.07 Å². The van der Waals surface area contributed by atoms with E-state index in [1.807, 2.05) is 18.2 Å². The molecule has 9 nitrogen and oxygen atoms in total. The van der Waals surface area contributed by atoms with Crippen LogP contribution in [0.15, 0.2) is 34.7 Å². The Morgan fingerprint density at radius 3 is 3.07 bits per heavy atom. The van der Waals surface area contributed by atoms with Crippen molar-refractivity contribution in [1.82, 2.24) is 14.6 Å². The minimum Gasteiger partial charge on any atom is -0.490 e. The van der Waals surface area contributed by atoms with Crippen LogP contribution in [-0.2, 0) is 14.2 Å². The van der Waals surface area contributed by atoms with Gasteiger partial charge in [-0.3, -0.25) is 4.79 Å². The van der Waals surface area contributed by atoms with Crippen LogP contribution in [0, 0.1) is 11.3 Å². The Labute approximate surface area is 153 Å². The summed E-state index contributed by atoms with van der Waals surface area (Å²) in [5.41, 5.74) is -0.168. The number of allylic oxidation sites excluding steroid dienone is 3. The molecule has 0 bridgehead atoms. The third kappa shape index (κ3) is 2.85. The van der Waals surface area contributed by atoms with Crippen molar-refractivity contribution >= 4 is 11.5 Å². The molecule has 0 radical (unpaired) electrons. The summed E-state index contributed by atoms with van der Waals surface area (Å²) in [5, 5.41) is 13.5. The van der Waals surface area contributed by atoms with Gasteiger partial charge in [-0.05, 0) is 13.0 Å². The second kappa shape index (κ2) is 6.64. The smallest absolute Gasteiger partial charge is 0.360 e. The van der Waals surface area contributed by atoms with E-state index in [0.29, 0.717) is 31.1 Å². The number of ether oxygens (including phenoxy) is 3. The average Bonchev–Trinajstić information content (AvgIpc) is 3.07. The first-order valence-electron chi connectivity index (χ1n) is 8.52. The molecule has 1 atom stereocenters. The number of aromatic nitrogens is 3. The first-order chi connectivity index (χ1) is 13.1. The number of hydrogen-bond acceptors (Lipinski definition) is 7. The fourth-order valence-electron chi connectivity index (χ4n) is 3.19. The van der Waals surface area contributed by atoms with Crippen LogP contribution in [0.1, 0.15) is 41.0 Å². The largest absolute Gasteiger partial charge is 0.490 e. The van der Waals surface area contributed by atoms with Crippen molar-refractivity contribution in [3.63, 3.8) is 0 Å². The zero-order valence-corrected chi connectivity index (χ0v) is 14.5. The van der Waals surface area contributed by atoms with Crippen LogP contribution >= 0.6 is 0 Å². The van der Waals surface area contributed by atoms with Gasteiger partial charge in [0.05, 0.1) is 6.61 Å². The molecule has 27 heavy (non-hydrogen) atoms. The van der Waals surface area contributed by atoms with Crippen LogP contribution < -0.4 is 5.56 Å². The van der Waals surface area contributed by atoms with E-state index in [1.54, 1.807) is 13.1 Å². The van der Waals surface area contributed by atoms with E-state index in [2.05, 4.69) is 10.1 Å². The van der Waals surface area contributed by atoms with Crippen LogP contribution in [0.4, 0.5) is 0 Å². The number of nitrogens with zero attached hydrogens (tertiary/aromatic N) is 3. The molecule has 1 N–H and O–H groups in total. The van der Waals surface area contributed by atoms with Gasteiger partial charge in [-0.15, -0.1) is 0 Å². The van der Waals surface area contributed by atoms with Gasteiger partial charge in [0.15, 0.2) is 11.5 Å². The predicted octanol–water partition coefficient (Wildman–Crippen LogP) is 1.37. The molecule has 0 saturated carbocycles. The first-order valence-corrected chi connectivity index (χ1v) is 8.52. The summed E-state index contributed by atoms with van der Waals surface area (Å²) in [4.78, 5) is 27.4. The highest BCUT2D eigenvalue weighted by Crippen LogP contribution is 2.32. The van der Waals surface area contributed by atoms with E-state index < -0.39 is 11.5 Å². The number of esters is 1. The van der Waals surface area contributed by atoms with E-state index in [9.17, 15) is 14.9 Å². The average molecular weight is 368 g/mol. The zero-order chi connectivity index (χ0) is 19.0. The second-order valence-electron chi connectivity index (χ2n) is 6.04. The Morgan fingerprint density at radius 2 is 2.30 bits per heavy atom. The van der Waals surface area contributed by atoms with Gasteiger partial charge in [-0.2, -0.15) is 10.4 Å². The number of aromatic amines is 1. The van der Waals surface area contributed by atoms with Gasteiger partial charge < -0.3 is 19.2 Å². The Balaban J connectivity index is 1.76. The summed E-state index contributed by atoms with van der Waals surface area (Å²) >= 11 is 0. The Kier molecular flexibility index (Phi) is 4.16. The van der Waals surface area contributed by atoms with Crippen molar-refractivity contribution in [2.24, 2.45) is 0 Å². The van der Waals surface area contributed by atoms with Gasteiger partial charge in [0.2, 0.25) is 0 Å². The van der Waals surface area contributed by atoms with Gasteiger partial charge in [-0.1, -0.05) is 6.08 Å². The van der Waals surface area contributed by atoms with E-state index in [4.69, 9.17) is 14.2 Å². The summed E-state index contributed by atoms with van der Waals surface area (Å²) in [7, 11) is 0. The van der Waals surface area contributed by atoms with E-state index in [0.717, 1.165) is 5.76 Å². The second-order valence-corrected chi connectivity index (χ2v) is 6.04. The molecule has 2 aromatic rings. The van der Waals surface area contributed by atoms with Gasteiger partial charge in [0.1, 0.15) is 36.1 Å². The number of rotatable bonds is 3. The molecule has 1 aliphatic heterocycles. The molecule has 0 amide bonds. The third-order valence-corrected chi connectivity index (χ3v) is 4.40. The maximum Gasteiger partial charge on any atom is 0.360 e. The number of fused-ring (bicyclic) bond motifs is 1. The molecule has 1 unspecified atom stereocenters. The van der Waals surface area contributed by atoms with E-state index in [1.165, 1.54) is 4.52 Å². The molecule has 0 saturated heterocycles. The molecule has 0 fully saturated rings. The molecule has 138 valence electrons. The molecule has 4 rings (SSSR count). The highest BCUT2D eigenvalue weighted by molar-refractivity contribution is 5.93. The highest BCUT2D eigenvalue weighted by atomic mass is 16.6. The topological polar surface area (TPSA) is 119 Å². The molecule has 0 spiro atoms. The van der Waals surface area contributed by atoms with Crippen molar-refractivity contribution in [2.75, 3.05) is 19.8 Å². The first kappa shape index (κ1) is 16.9. The predicted molar refractivity (Wildman–Crippen MR) is 91.9 cm³/mol. The van der Waals surface area contributed by atoms with E-state index in [-0.39, 0.29) is 29.3 Å². The summed E-state index contributed by atoms with van der Waals surface area (Å²) in [6.07, 6.45) is 5.86. The molecular weight excluding hydrogens is 352 g/mol. The molecular formula is C18H16N4O5. The maximum atomic E-state index is 12.6. The normalized spacial score (nSPS) is 18.4. The number of hydrogen-bond donors (Lipinski definition) is 1. The number of H-pyrrole nitrogens is 1. The third-order valence-electron chi connectivity index (χ3n) is 4.40. The standard InChI is InChI=1S/C18H16N4O5/c1-2-25-18(24)15-11(8-19)16-17(23)20-12(9-22(16)21-15)10-3-4-13-14(7-10)27-6-5-26-13/h3-4,9-10H,2,5-7H2,1H3,(H,20,23). The zero-order valence-electron chi connectivity index (χ0n) is 14.5. The maximum absolute atomic E-state index is 12.6. The summed E-state index contributed by atoms with van der Waals surface area (Å²) < 4.78 is 17.3. The lowest BCUT2D eigenvalue weighted by atomic mass is 9.95. The molecule has 2 aliphatic rings. The summed E-state index contributed by atoms with van der Waals surface area (Å²) in [5.74, 6) is 0.554. The van der Waals surface area contributed by atoms with Gasteiger partial charge >= 0.3 is 5.97 Å². The Bertz CT molecular complexity index is 1090. The fraction of sp³-hybridized carbons (Fsp3) is 0.333. The molecule has 0 aromatic carbocycles. The molecule has 2 aromatic heterocycles. The molecule has 3 heterocycles. The van der Waals surface area contributed by atoms with Gasteiger partial charge in [-0.25, -0.2) is 9.31 Å². The van der Waals surface area contributed by atoms with Crippen LogP contribution in [-0.4, -0.2) is 40.4 Å². The SMILES string of the molecule is CCOC(=O)c1nn2cc(C3C=CC4=C(C3)OCCO4)[nH]c(=O)c2c1C#N. The van der Waals surface area contributed by atoms with Crippen LogP contribution in [0.25, 0.3) is 5.52 Å². The lowest BCUT2D eigenvalue weighted by molar-refractivity contribution is 0.0518. The Hall–Kier alpha value is -3.54. The number of carbonyl (C=O) groups excluding carboxylic acids is 1. The minimum atomic E-state index is -0.737. The van der Waals surface area contributed by atoms with Crippen LogP contribution in [0.5, 0.6) is 0 Å². The van der Waals surface area contributed by atoms with Crippen molar-refractivity contribution < 1.29 is 19.0 Å². The van der Waals surface area contributed by atoms with Crippen molar-refractivity contribution in [2.45, 2.75) is 19.3 Å². The monoisotopic (exact) mass is 368 g/mol. The fourth-order valence-corrected chi connectivity index (χ4v) is 3.19. The van der Waals surface area contributed by atoms with Crippen LogP contribution in [0.2, 0.25) is 0 Å². The van der Waals surface area contributed by atoms with Crippen molar-refractivity contribution in [1.29, 1.82) is 5.26 Å². The summed E-state index contributed by atoms with van der Waals surface area (Å²) in [6, 6.07) is 1.87. The Morgan fingerprint density at radius 1 is 1.48 bits per heavy atom. The van der Waals surface area contributed by atoms with E-state index >= 15 is 0 Å². The number of nitriles is 1. The lowest BCUT2D eigenvalue weighted by Gasteiger charge is -2.26. The minimum absolute atomic E-state index is 0.0150. The van der Waals surface area contributed by atoms with Gasteiger partial charge in [0, 0.05) is 24.2 Å². The number of carbonyl (C=O) groups is 1. The number of nitrogens with one attached hydrogen (secondary N) is 1.